The van der Waals surface area contributed by atoms with Gasteiger partial charge in [0.1, 0.15) is 0 Å². The molecule has 0 bridgehead atoms. The van der Waals surface area contributed by atoms with Crippen molar-refractivity contribution in [1.29, 1.82) is 0 Å². The molecule has 48 valence electrons. The van der Waals surface area contributed by atoms with Crippen molar-refractivity contribution in [3.8, 4) is 0 Å². The first kappa shape index (κ1) is 6.66. The Morgan fingerprint density at radius 1 is 1.88 bits per heavy atom. The van der Waals surface area contributed by atoms with Crippen LogP contribution in [0, 0.1) is 0 Å². The molecule has 1 fully saturated rings. The molecule has 1 rings (SSSR count). The van der Waals surface area contributed by atoms with Gasteiger partial charge in [-0.25, -0.2) is 0 Å². The number of hydrogen-bond acceptors (Lipinski definition) is 1. The SMILES string of the molecule is CC(O)C1(Cl)CC1Cl. The average Bonchev–Trinajstić information content (AvgIpc) is 2.17. The molecule has 0 aromatic carbocycles. The molecule has 0 radical (unpaired) electrons. The molecule has 1 N–H and O–H groups in total. The van der Waals surface area contributed by atoms with Crippen molar-refractivity contribution in [3.05, 3.63) is 0 Å². The lowest BCUT2D eigenvalue weighted by Crippen LogP contribution is -2.20. The standard InChI is InChI=1S/C5H8Cl2O/c1-3(8)5(7)2-4(5)6/h3-4,8H,2H2,1H3. The van der Waals surface area contributed by atoms with Gasteiger partial charge in [-0.2, -0.15) is 0 Å². The monoisotopic (exact) mass is 154 g/mol. The third kappa shape index (κ3) is 0.831. The second-order valence-electron chi connectivity index (χ2n) is 2.27. The van der Waals surface area contributed by atoms with Gasteiger partial charge in [0.05, 0.1) is 16.4 Å². The van der Waals surface area contributed by atoms with Gasteiger partial charge >= 0.3 is 0 Å². The van der Waals surface area contributed by atoms with Crippen molar-refractivity contribution in [2.45, 2.75) is 29.7 Å². The molecule has 0 aliphatic heterocycles. The van der Waals surface area contributed by atoms with Crippen LogP contribution in [-0.2, 0) is 0 Å². The zero-order valence-corrected chi connectivity index (χ0v) is 6.08. The van der Waals surface area contributed by atoms with E-state index in [1.54, 1.807) is 6.92 Å². The van der Waals surface area contributed by atoms with Crippen molar-refractivity contribution >= 4 is 23.2 Å². The molecule has 0 aromatic rings. The molecule has 0 amide bonds. The van der Waals surface area contributed by atoms with Crippen molar-refractivity contribution in [2.24, 2.45) is 0 Å². The smallest absolute Gasteiger partial charge is 0.0880 e. The summed E-state index contributed by atoms with van der Waals surface area (Å²) >= 11 is 11.3. The highest BCUT2D eigenvalue weighted by Crippen LogP contribution is 2.49. The normalized spacial score (nSPS) is 48.8. The van der Waals surface area contributed by atoms with E-state index in [-0.39, 0.29) is 5.38 Å². The average molecular weight is 155 g/mol. The zero-order chi connectivity index (χ0) is 6.36. The maximum atomic E-state index is 8.91. The van der Waals surface area contributed by atoms with Gasteiger partial charge in [-0.15, -0.1) is 23.2 Å². The molecule has 3 unspecified atom stereocenters. The van der Waals surface area contributed by atoms with E-state index in [1.807, 2.05) is 0 Å². The Morgan fingerprint density at radius 3 is 2.25 bits per heavy atom. The first-order valence-electron chi connectivity index (χ1n) is 2.58. The lowest BCUT2D eigenvalue weighted by Gasteiger charge is -2.08. The molecule has 0 aromatic heterocycles. The maximum Gasteiger partial charge on any atom is 0.0880 e. The molecule has 3 atom stereocenters. The summed E-state index contributed by atoms with van der Waals surface area (Å²) in [6.07, 6.45) is 0.250. The number of hydrogen-bond donors (Lipinski definition) is 1. The molecule has 8 heavy (non-hydrogen) atoms. The first-order valence-corrected chi connectivity index (χ1v) is 3.40. The van der Waals surface area contributed by atoms with Crippen LogP contribution in [0.1, 0.15) is 13.3 Å². The quantitative estimate of drug-likeness (QED) is 0.566. The van der Waals surface area contributed by atoms with Gasteiger partial charge in [0.2, 0.25) is 0 Å². The van der Waals surface area contributed by atoms with Gasteiger partial charge in [-0.1, -0.05) is 0 Å². The van der Waals surface area contributed by atoms with Crippen LogP contribution >= 0.6 is 23.2 Å². The lowest BCUT2D eigenvalue weighted by atomic mass is 10.3. The Morgan fingerprint density at radius 2 is 2.25 bits per heavy atom. The van der Waals surface area contributed by atoms with Gasteiger partial charge in [0.25, 0.3) is 0 Å². The van der Waals surface area contributed by atoms with Crippen molar-refractivity contribution in [2.75, 3.05) is 0 Å². The summed E-state index contributed by atoms with van der Waals surface area (Å²) in [5, 5.41) is 8.88. The Kier molecular flexibility index (Phi) is 1.46. The minimum Gasteiger partial charge on any atom is -0.392 e. The number of halogens is 2. The third-order valence-electron chi connectivity index (χ3n) is 1.55. The Bertz CT molecular complexity index is 105. The highest BCUT2D eigenvalue weighted by Gasteiger charge is 2.55. The summed E-state index contributed by atoms with van der Waals surface area (Å²) in [7, 11) is 0. The van der Waals surface area contributed by atoms with Crippen LogP contribution in [0.25, 0.3) is 0 Å². The van der Waals surface area contributed by atoms with Crippen LogP contribution in [0.15, 0.2) is 0 Å². The molecule has 1 saturated carbocycles. The van der Waals surface area contributed by atoms with Gasteiger partial charge in [-0.05, 0) is 13.3 Å². The fraction of sp³-hybridized carbons (Fsp3) is 1.00. The number of alkyl halides is 2. The minimum absolute atomic E-state index is 0.0239. The van der Waals surface area contributed by atoms with Gasteiger partial charge < -0.3 is 5.11 Å². The van der Waals surface area contributed by atoms with Crippen molar-refractivity contribution in [1.82, 2.24) is 0 Å². The molecule has 0 saturated heterocycles. The predicted molar refractivity (Wildman–Crippen MR) is 34.5 cm³/mol. The van der Waals surface area contributed by atoms with E-state index in [1.165, 1.54) is 0 Å². The van der Waals surface area contributed by atoms with E-state index < -0.39 is 11.0 Å². The Hall–Kier alpha value is 0.540. The fourth-order valence-corrected chi connectivity index (χ4v) is 1.32. The number of aliphatic hydroxyl groups is 1. The van der Waals surface area contributed by atoms with E-state index >= 15 is 0 Å². The van der Waals surface area contributed by atoms with E-state index in [2.05, 4.69) is 0 Å². The van der Waals surface area contributed by atoms with Crippen molar-refractivity contribution in [3.63, 3.8) is 0 Å². The van der Waals surface area contributed by atoms with Crippen molar-refractivity contribution < 1.29 is 5.11 Å². The third-order valence-corrected chi connectivity index (χ3v) is 2.94. The lowest BCUT2D eigenvalue weighted by molar-refractivity contribution is 0.182. The van der Waals surface area contributed by atoms with Gasteiger partial charge in [-0.3, -0.25) is 0 Å². The molecule has 1 aliphatic rings. The zero-order valence-electron chi connectivity index (χ0n) is 4.56. The van der Waals surface area contributed by atoms with E-state index in [0.29, 0.717) is 0 Å². The Balaban J connectivity index is 2.47. The Labute approximate surface area is 58.6 Å². The fourth-order valence-electron chi connectivity index (χ4n) is 0.648. The first-order chi connectivity index (χ1) is 3.57. The summed E-state index contributed by atoms with van der Waals surface area (Å²) in [6, 6.07) is 0. The molecule has 0 spiro atoms. The molecular formula is C5H8Cl2O. The highest BCUT2D eigenvalue weighted by atomic mass is 35.5. The summed E-state index contributed by atoms with van der Waals surface area (Å²) in [5.41, 5.74) is 0. The van der Waals surface area contributed by atoms with Crippen LogP contribution < -0.4 is 0 Å². The summed E-state index contributed by atoms with van der Waals surface area (Å²) in [4.78, 5) is -0.498. The van der Waals surface area contributed by atoms with Crippen LogP contribution in [0.4, 0.5) is 0 Å². The molecular weight excluding hydrogens is 147 g/mol. The highest BCUT2D eigenvalue weighted by molar-refractivity contribution is 6.37. The van der Waals surface area contributed by atoms with E-state index in [4.69, 9.17) is 28.3 Å². The minimum atomic E-state index is -0.498. The van der Waals surface area contributed by atoms with Crippen LogP contribution in [0.2, 0.25) is 0 Å². The largest absolute Gasteiger partial charge is 0.392 e. The second kappa shape index (κ2) is 1.76. The van der Waals surface area contributed by atoms with Crippen LogP contribution in [0.5, 0.6) is 0 Å². The predicted octanol–water partition coefficient (Wildman–Crippen LogP) is 1.36. The second-order valence-corrected chi connectivity index (χ2v) is 3.50. The van der Waals surface area contributed by atoms with E-state index in [9.17, 15) is 0 Å². The number of aliphatic hydroxyl groups excluding tert-OH is 1. The van der Waals surface area contributed by atoms with Gasteiger partial charge in [0.15, 0.2) is 0 Å². The topological polar surface area (TPSA) is 20.2 Å². The maximum absolute atomic E-state index is 8.91. The van der Waals surface area contributed by atoms with Crippen LogP contribution in [0.3, 0.4) is 0 Å². The summed E-state index contributed by atoms with van der Waals surface area (Å²) < 4.78 is 0. The molecule has 3 heteroatoms. The number of rotatable bonds is 1. The summed E-state index contributed by atoms with van der Waals surface area (Å²) in [5.74, 6) is 0. The van der Waals surface area contributed by atoms with Gasteiger partial charge in [0, 0.05) is 0 Å². The summed E-state index contributed by atoms with van der Waals surface area (Å²) in [6.45, 7) is 1.66. The van der Waals surface area contributed by atoms with E-state index in [0.717, 1.165) is 6.42 Å². The molecule has 0 heterocycles. The molecule has 1 nitrogen and oxygen atoms in total. The van der Waals surface area contributed by atoms with Crippen LogP contribution in [-0.4, -0.2) is 21.5 Å². The molecule has 1 aliphatic carbocycles.